The van der Waals surface area contributed by atoms with Crippen LogP contribution in [0, 0.1) is 0 Å². The van der Waals surface area contributed by atoms with Crippen LogP contribution in [0.5, 0.6) is 0 Å². The number of hydrogen-bond acceptors (Lipinski definition) is 3. The van der Waals surface area contributed by atoms with Crippen LogP contribution in [-0.4, -0.2) is 41.9 Å². The summed E-state index contributed by atoms with van der Waals surface area (Å²) in [5.74, 6) is -0.194. The zero-order valence-corrected chi connectivity index (χ0v) is 12.8. The third kappa shape index (κ3) is 10.4. The molecule has 2 amide bonds. The van der Waals surface area contributed by atoms with Gasteiger partial charge in [-0.2, -0.15) is 0 Å². The first kappa shape index (κ1) is 19.5. The number of halogens is 1. The number of amides is 2. The molecule has 0 saturated carbocycles. The Bertz CT molecular complexity index is 275. The van der Waals surface area contributed by atoms with E-state index in [2.05, 4.69) is 5.32 Å². The molecular formula is C12H26ClN3O2. The highest BCUT2D eigenvalue weighted by atomic mass is 35.5. The average Bonchev–Trinajstić information content (AvgIpc) is 2.10. The Labute approximate surface area is 116 Å². The van der Waals surface area contributed by atoms with Crippen LogP contribution in [0.25, 0.3) is 0 Å². The Morgan fingerprint density at radius 2 is 1.83 bits per heavy atom. The van der Waals surface area contributed by atoms with Crippen molar-refractivity contribution in [3.8, 4) is 0 Å². The van der Waals surface area contributed by atoms with Crippen LogP contribution >= 0.6 is 12.4 Å². The number of carbonyl (C=O) groups is 2. The highest BCUT2D eigenvalue weighted by molar-refractivity contribution is 5.85. The number of nitrogens with zero attached hydrogens (tertiary/aromatic N) is 1. The molecule has 1 unspecified atom stereocenters. The van der Waals surface area contributed by atoms with Gasteiger partial charge in [0.25, 0.3) is 0 Å². The molecule has 0 rings (SSSR count). The molecule has 0 bridgehead atoms. The van der Waals surface area contributed by atoms with Crippen LogP contribution in [0.4, 0.5) is 0 Å². The van der Waals surface area contributed by atoms with E-state index in [1.54, 1.807) is 7.05 Å². The third-order valence-electron chi connectivity index (χ3n) is 2.13. The van der Waals surface area contributed by atoms with Crippen molar-refractivity contribution in [2.24, 2.45) is 5.73 Å². The van der Waals surface area contributed by atoms with Crippen LogP contribution in [0.3, 0.4) is 0 Å². The van der Waals surface area contributed by atoms with Crippen molar-refractivity contribution in [1.29, 1.82) is 0 Å². The summed E-state index contributed by atoms with van der Waals surface area (Å²) in [4.78, 5) is 24.7. The van der Waals surface area contributed by atoms with Crippen LogP contribution in [0.15, 0.2) is 0 Å². The SMILES string of the molecule is CC(N)CCC(=O)N(C)CC(=O)NC(C)(C)C.Cl. The molecule has 0 spiro atoms. The first-order valence-corrected chi connectivity index (χ1v) is 5.92. The largest absolute Gasteiger partial charge is 0.350 e. The Kier molecular flexibility index (Phi) is 9.03. The molecule has 1 atom stereocenters. The second kappa shape index (κ2) is 8.32. The molecule has 0 aromatic carbocycles. The summed E-state index contributed by atoms with van der Waals surface area (Å²) in [5, 5.41) is 2.81. The number of nitrogens with two attached hydrogens (primary N) is 1. The zero-order chi connectivity index (χ0) is 13.6. The lowest BCUT2D eigenvalue weighted by Gasteiger charge is -2.23. The van der Waals surface area contributed by atoms with Crippen molar-refractivity contribution in [3.05, 3.63) is 0 Å². The lowest BCUT2D eigenvalue weighted by molar-refractivity contribution is -0.135. The van der Waals surface area contributed by atoms with E-state index in [-0.39, 0.29) is 42.3 Å². The van der Waals surface area contributed by atoms with E-state index in [4.69, 9.17) is 5.73 Å². The normalized spacial score (nSPS) is 12.3. The monoisotopic (exact) mass is 279 g/mol. The maximum atomic E-state index is 11.6. The van der Waals surface area contributed by atoms with E-state index < -0.39 is 0 Å². The van der Waals surface area contributed by atoms with E-state index in [0.717, 1.165) is 0 Å². The lowest BCUT2D eigenvalue weighted by Crippen LogP contribution is -2.46. The number of likely N-dealkylation sites (N-methyl/N-ethyl adjacent to an activating group) is 1. The van der Waals surface area contributed by atoms with Crippen molar-refractivity contribution in [1.82, 2.24) is 10.2 Å². The van der Waals surface area contributed by atoms with Gasteiger partial charge >= 0.3 is 0 Å². The van der Waals surface area contributed by atoms with E-state index in [9.17, 15) is 9.59 Å². The minimum atomic E-state index is -0.271. The Hall–Kier alpha value is -0.810. The molecule has 0 aromatic rings. The fourth-order valence-corrected chi connectivity index (χ4v) is 1.30. The van der Waals surface area contributed by atoms with Gasteiger partial charge in [0.05, 0.1) is 6.54 Å². The number of carbonyl (C=O) groups excluding carboxylic acids is 2. The molecular weight excluding hydrogens is 254 g/mol. The van der Waals surface area contributed by atoms with Gasteiger partial charge in [0.15, 0.2) is 0 Å². The van der Waals surface area contributed by atoms with Crippen molar-refractivity contribution in [2.45, 2.75) is 52.1 Å². The summed E-state index contributed by atoms with van der Waals surface area (Å²) in [6.45, 7) is 7.67. The van der Waals surface area contributed by atoms with Crippen LogP contribution in [0.1, 0.15) is 40.5 Å². The van der Waals surface area contributed by atoms with Crippen LogP contribution in [-0.2, 0) is 9.59 Å². The molecule has 108 valence electrons. The lowest BCUT2D eigenvalue weighted by atomic mass is 10.1. The third-order valence-corrected chi connectivity index (χ3v) is 2.13. The van der Waals surface area contributed by atoms with Crippen molar-refractivity contribution in [3.63, 3.8) is 0 Å². The Morgan fingerprint density at radius 1 is 1.33 bits per heavy atom. The maximum absolute atomic E-state index is 11.6. The molecule has 0 aromatic heterocycles. The summed E-state index contributed by atoms with van der Waals surface area (Å²) in [7, 11) is 1.63. The number of hydrogen-bond donors (Lipinski definition) is 2. The van der Waals surface area contributed by atoms with Gasteiger partial charge in [-0.15, -0.1) is 12.4 Å². The van der Waals surface area contributed by atoms with Crippen LogP contribution in [0.2, 0.25) is 0 Å². The van der Waals surface area contributed by atoms with Crippen molar-refractivity contribution in [2.75, 3.05) is 13.6 Å². The molecule has 6 heteroatoms. The predicted octanol–water partition coefficient (Wildman–Crippen LogP) is 0.909. The second-order valence-electron chi connectivity index (χ2n) is 5.56. The minimum absolute atomic E-state index is 0. The second-order valence-corrected chi connectivity index (χ2v) is 5.56. The highest BCUT2D eigenvalue weighted by Crippen LogP contribution is 2.01. The van der Waals surface area contributed by atoms with Gasteiger partial charge in [0.1, 0.15) is 0 Å². The standard InChI is InChI=1S/C12H25N3O2.ClH/c1-9(13)6-7-11(17)15(5)8-10(16)14-12(2,3)4;/h9H,6-8,13H2,1-5H3,(H,14,16);1H. The minimum Gasteiger partial charge on any atom is -0.350 e. The van der Waals surface area contributed by atoms with Gasteiger partial charge in [-0.1, -0.05) is 0 Å². The summed E-state index contributed by atoms with van der Waals surface area (Å²) in [5.41, 5.74) is 5.30. The van der Waals surface area contributed by atoms with E-state index in [1.807, 2.05) is 27.7 Å². The molecule has 0 heterocycles. The molecule has 3 N–H and O–H groups in total. The molecule has 0 aliphatic rings. The molecule has 0 radical (unpaired) electrons. The van der Waals surface area contributed by atoms with Gasteiger partial charge < -0.3 is 16.0 Å². The molecule has 0 aliphatic carbocycles. The summed E-state index contributed by atoms with van der Waals surface area (Å²) < 4.78 is 0. The average molecular weight is 280 g/mol. The Balaban J connectivity index is 0. The topological polar surface area (TPSA) is 75.4 Å². The number of nitrogens with one attached hydrogen (secondary N) is 1. The van der Waals surface area contributed by atoms with Crippen LogP contribution < -0.4 is 11.1 Å². The van der Waals surface area contributed by atoms with Gasteiger partial charge in [-0.05, 0) is 34.1 Å². The van der Waals surface area contributed by atoms with Crippen molar-refractivity contribution >= 4 is 24.2 Å². The Morgan fingerprint density at radius 3 is 2.22 bits per heavy atom. The van der Waals surface area contributed by atoms with Gasteiger partial charge in [-0.25, -0.2) is 0 Å². The summed E-state index contributed by atoms with van der Waals surface area (Å²) >= 11 is 0. The first-order valence-electron chi connectivity index (χ1n) is 5.92. The fourth-order valence-electron chi connectivity index (χ4n) is 1.30. The maximum Gasteiger partial charge on any atom is 0.240 e. The van der Waals surface area contributed by atoms with Gasteiger partial charge in [0.2, 0.25) is 11.8 Å². The van der Waals surface area contributed by atoms with E-state index in [0.29, 0.717) is 12.8 Å². The molecule has 0 saturated heterocycles. The number of rotatable bonds is 5. The fraction of sp³-hybridized carbons (Fsp3) is 0.833. The van der Waals surface area contributed by atoms with E-state index >= 15 is 0 Å². The molecule has 18 heavy (non-hydrogen) atoms. The zero-order valence-electron chi connectivity index (χ0n) is 11.9. The molecule has 5 nitrogen and oxygen atoms in total. The van der Waals surface area contributed by atoms with Gasteiger partial charge in [0, 0.05) is 25.0 Å². The van der Waals surface area contributed by atoms with Crippen molar-refractivity contribution < 1.29 is 9.59 Å². The summed E-state index contributed by atoms with van der Waals surface area (Å²) in [6.07, 6.45) is 1.03. The van der Waals surface area contributed by atoms with Gasteiger partial charge in [-0.3, -0.25) is 9.59 Å². The highest BCUT2D eigenvalue weighted by Gasteiger charge is 2.17. The smallest absolute Gasteiger partial charge is 0.240 e. The summed E-state index contributed by atoms with van der Waals surface area (Å²) in [6, 6.07) is 0.00996. The predicted molar refractivity (Wildman–Crippen MR) is 75.7 cm³/mol. The molecule has 0 aliphatic heterocycles. The quantitative estimate of drug-likeness (QED) is 0.785. The molecule has 0 fully saturated rings. The van der Waals surface area contributed by atoms with E-state index in [1.165, 1.54) is 4.90 Å². The first-order chi connectivity index (χ1) is 7.61.